The van der Waals surface area contributed by atoms with E-state index >= 15 is 0 Å². The number of hydrogen-bond donors (Lipinski definition) is 2. The number of nitrogens with one attached hydrogen (secondary N) is 1. The van der Waals surface area contributed by atoms with Gasteiger partial charge in [-0.3, -0.25) is 0 Å². The average Bonchev–Trinajstić information content (AvgIpc) is 2.91. The highest BCUT2D eigenvalue weighted by molar-refractivity contribution is 7.88. The fraction of sp³-hybridized carbons (Fsp3) is 0.571. The molecule has 0 saturated carbocycles. The quantitative estimate of drug-likeness (QED) is 0.775. The van der Waals surface area contributed by atoms with Crippen LogP contribution in [0.1, 0.15) is 24.0 Å². The molecule has 3 N–H and O–H groups in total. The number of likely N-dealkylation sites (tertiary alicyclic amines) is 1. The van der Waals surface area contributed by atoms with Gasteiger partial charge >= 0.3 is 0 Å². The average molecular weight is 297 g/mol. The summed E-state index contributed by atoms with van der Waals surface area (Å²) in [4.78, 5) is 2.29. The van der Waals surface area contributed by atoms with Gasteiger partial charge in [-0.05, 0) is 37.1 Å². The molecule has 1 fully saturated rings. The molecule has 0 atom stereocenters. The number of rotatable bonds is 7. The summed E-state index contributed by atoms with van der Waals surface area (Å²) < 4.78 is 26.7. The van der Waals surface area contributed by atoms with Crippen molar-refractivity contribution in [2.75, 3.05) is 26.2 Å². The van der Waals surface area contributed by atoms with Gasteiger partial charge in [-0.1, -0.05) is 24.3 Å². The van der Waals surface area contributed by atoms with Gasteiger partial charge in [-0.15, -0.1) is 0 Å². The van der Waals surface area contributed by atoms with Crippen LogP contribution in [0.4, 0.5) is 0 Å². The van der Waals surface area contributed by atoms with E-state index in [1.165, 1.54) is 12.8 Å². The lowest BCUT2D eigenvalue weighted by molar-refractivity contribution is 0.344. The van der Waals surface area contributed by atoms with Gasteiger partial charge in [-0.25, -0.2) is 13.1 Å². The summed E-state index contributed by atoms with van der Waals surface area (Å²) in [5.41, 5.74) is 7.29. The Morgan fingerprint density at radius 3 is 2.60 bits per heavy atom. The summed E-state index contributed by atoms with van der Waals surface area (Å²) in [6.45, 7) is 3.87. The monoisotopic (exact) mass is 297 g/mol. The SMILES string of the molecule is NCc1cccc(CS(=O)(=O)NCCN2CCCC2)c1. The van der Waals surface area contributed by atoms with Crippen molar-refractivity contribution in [1.82, 2.24) is 9.62 Å². The molecular weight excluding hydrogens is 274 g/mol. The minimum absolute atomic E-state index is 0.0147. The van der Waals surface area contributed by atoms with Crippen LogP contribution in [-0.4, -0.2) is 39.5 Å². The Balaban J connectivity index is 1.83. The summed E-state index contributed by atoms with van der Waals surface area (Å²) in [6.07, 6.45) is 2.44. The zero-order chi connectivity index (χ0) is 14.4. The van der Waals surface area contributed by atoms with E-state index in [1.807, 2.05) is 24.3 Å². The van der Waals surface area contributed by atoms with Crippen LogP contribution in [0.5, 0.6) is 0 Å². The molecule has 0 aromatic heterocycles. The van der Waals surface area contributed by atoms with Gasteiger partial charge in [0.15, 0.2) is 0 Å². The Morgan fingerprint density at radius 2 is 1.90 bits per heavy atom. The van der Waals surface area contributed by atoms with Crippen LogP contribution in [-0.2, 0) is 22.3 Å². The van der Waals surface area contributed by atoms with E-state index in [0.717, 1.165) is 30.8 Å². The van der Waals surface area contributed by atoms with Crippen molar-refractivity contribution in [1.29, 1.82) is 0 Å². The highest BCUT2D eigenvalue weighted by Crippen LogP contribution is 2.09. The number of sulfonamides is 1. The fourth-order valence-corrected chi connectivity index (χ4v) is 3.61. The zero-order valence-corrected chi connectivity index (χ0v) is 12.5. The molecule has 0 aliphatic carbocycles. The molecule has 5 nitrogen and oxygen atoms in total. The van der Waals surface area contributed by atoms with Crippen molar-refractivity contribution in [2.24, 2.45) is 5.73 Å². The van der Waals surface area contributed by atoms with Crippen molar-refractivity contribution in [3.8, 4) is 0 Å². The zero-order valence-electron chi connectivity index (χ0n) is 11.7. The molecule has 0 bridgehead atoms. The second kappa shape index (κ2) is 7.17. The molecule has 6 heteroatoms. The fourth-order valence-electron chi connectivity index (χ4n) is 2.48. The van der Waals surface area contributed by atoms with Crippen LogP contribution in [0.3, 0.4) is 0 Å². The molecule has 1 heterocycles. The summed E-state index contributed by atoms with van der Waals surface area (Å²) in [7, 11) is -3.27. The Morgan fingerprint density at radius 1 is 1.20 bits per heavy atom. The Bertz CT molecular complexity index is 525. The lowest BCUT2D eigenvalue weighted by Gasteiger charge is -2.15. The van der Waals surface area contributed by atoms with E-state index in [1.54, 1.807) is 0 Å². The molecule has 0 radical (unpaired) electrons. The Labute approximate surface area is 121 Å². The van der Waals surface area contributed by atoms with E-state index < -0.39 is 10.0 Å². The normalized spacial score (nSPS) is 16.6. The maximum absolute atomic E-state index is 12.0. The predicted octanol–water partition coefficient (Wildman–Crippen LogP) is 0.660. The van der Waals surface area contributed by atoms with Crippen LogP contribution in [0, 0.1) is 0 Å². The molecule has 1 aliphatic rings. The van der Waals surface area contributed by atoms with Gasteiger partial charge < -0.3 is 10.6 Å². The highest BCUT2D eigenvalue weighted by atomic mass is 32.2. The minimum Gasteiger partial charge on any atom is -0.326 e. The third-order valence-corrected chi connectivity index (χ3v) is 4.89. The molecule has 1 saturated heterocycles. The Kier molecular flexibility index (Phi) is 5.54. The second-order valence-corrected chi connectivity index (χ2v) is 7.03. The van der Waals surface area contributed by atoms with E-state index in [-0.39, 0.29) is 5.75 Å². The molecule has 1 aromatic carbocycles. The second-order valence-electron chi connectivity index (χ2n) is 5.23. The molecule has 2 rings (SSSR count). The number of hydrogen-bond acceptors (Lipinski definition) is 4. The first-order valence-electron chi connectivity index (χ1n) is 7.07. The standard InChI is InChI=1S/C14H23N3O2S/c15-11-13-4-3-5-14(10-13)12-20(18,19)16-6-9-17-7-1-2-8-17/h3-5,10,16H,1-2,6-9,11-12,15H2. The lowest BCUT2D eigenvalue weighted by Crippen LogP contribution is -2.34. The number of nitrogens with zero attached hydrogens (tertiary/aromatic N) is 1. The lowest BCUT2D eigenvalue weighted by atomic mass is 10.1. The molecule has 0 spiro atoms. The Hall–Kier alpha value is -0.950. The van der Waals surface area contributed by atoms with Crippen LogP contribution in [0.2, 0.25) is 0 Å². The van der Waals surface area contributed by atoms with E-state index in [2.05, 4.69) is 9.62 Å². The molecular formula is C14H23N3O2S. The maximum atomic E-state index is 12.0. The summed E-state index contributed by atoms with van der Waals surface area (Å²) in [5.74, 6) is 0.0147. The minimum atomic E-state index is -3.27. The smallest absolute Gasteiger partial charge is 0.215 e. The predicted molar refractivity (Wildman–Crippen MR) is 80.6 cm³/mol. The third-order valence-electron chi connectivity index (χ3n) is 3.53. The van der Waals surface area contributed by atoms with Crippen molar-refractivity contribution >= 4 is 10.0 Å². The molecule has 0 amide bonds. The molecule has 1 aliphatic heterocycles. The van der Waals surface area contributed by atoms with Crippen LogP contribution >= 0.6 is 0 Å². The van der Waals surface area contributed by atoms with Crippen molar-refractivity contribution < 1.29 is 8.42 Å². The van der Waals surface area contributed by atoms with Gasteiger partial charge in [0.05, 0.1) is 5.75 Å². The first kappa shape index (κ1) is 15.4. The van der Waals surface area contributed by atoms with Gasteiger partial charge in [0.1, 0.15) is 0 Å². The largest absolute Gasteiger partial charge is 0.326 e. The number of nitrogens with two attached hydrogens (primary N) is 1. The van der Waals surface area contributed by atoms with Crippen LogP contribution < -0.4 is 10.5 Å². The summed E-state index contributed by atoms with van der Waals surface area (Å²) >= 11 is 0. The van der Waals surface area contributed by atoms with E-state index in [4.69, 9.17) is 5.73 Å². The van der Waals surface area contributed by atoms with Gasteiger partial charge in [0.2, 0.25) is 10.0 Å². The summed E-state index contributed by atoms with van der Waals surface area (Å²) in [6, 6.07) is 7.41. The number of benzene rings is 1. The first-order chi connectivity index (χ1) is 9.59. The van der Waals surface area contributed by atoms with Crippen molar-refractivity contribution in [2.45, 2.75) is 25.1 Å². The maximum Gasteiger partial charge on any atom is 0.215 e. The third kappa shape index (κ3) is 4.86. The van der Waals surface area contributed by atoms with E-state index in [0.29, 0.717) is 13.1 Å². The van der Waals surface area contributed by atoms with Gasteiger partial charge in [-0.2, -0.15) is 0 Å². The molecule has 20 heavy (non-hydrogen) atoms. The van der Waals surface area contributed by atoms with Crippen LogP contribution in [0.25, 0.3) is 0 Å². The molecule has 1 aromatic rings. The summed E-state index contributed by atoms with van der Waals surface area (Å²) in [5, 5.41) is 0. The van der Waals surface area contributed by atoms with E-state index in [9.17, 15) is 8.42 Å². The topological polar surface area (TPSA) is 75.4 Å². The first-order valence-corrected chi connectivity index (χ1v) is 8.72. The molecule has 112 valence electrons. The van der Waals surface area contributed by atoms with Crippen molar-refractivity contribution in [3.05, 3.63) is 35.4 Å². The van der Waals surface area contributed by atoms with Crippen LogP contribution in [0.15, 0.2) is 24.3 Å². The van der Waals surface area contributed by atoms with Gasteiger partial charge in [0.25, 0.3) is 0 Å². The van der Waals surface area contributed by atoms with Gasteiger partial charge in [0, 0.05) is 19.6 Å². The van der Waals surface area contributed by atoms with Crippen molar-refractivity contribution in [3.63, 3.8) is 0 Å². The highest BCUT2D eigenvalue weighted by Gasteiger charge is 2.14. The molecule has 0 unspecified atom stereocenters.